The van der Waals surface area contributed by atoms with E-state index < -0.39 is 0 Å². The SMILES string of the molecule is CCC1(CC)CC(NC(=O)c2cc(Cl)ccc2I)CCO1. The Hall–Kier alpha value is -0.330. The zero-order valence-electron chi connectivity index (χ0n) is 12.4. The van der Waals surface area contributed by atoms with Gasteiger partial charge in [0.25, 0.3) is 5.91 Å². The van der Waals surface area contributed by atoms with Crippen molar-refractivity contribution in [2.24, 2.45) is 0 Å². The molecule has 0 aliphatic carbocycles. The smallest absolute Gasteiger partial charge is 0.252 e. The van der Waals surface area contributed by atoms with Crippen molar-refractivity contribution in [1.82, 2.24) is 5.32 Å². The van der Waals surface area contributed by atoms with Crippen molar-refractivity contribution in [2.45, 2.75) is 51.2 Å². The van der Waals surface area contributed by atoms with Crippen LogP contribution in [0.3, 0.4) is 0 Å². The fourth-order valence-corrected chi connectivity index (χ4v) is 3.58. The molecule has 2 rings (SSSR count). The van der Waals surface area contributed by atoms with Crippen molar-refractivity contribution < 1.29 is 9.53 Å². The highest BCUT2D eigenvalue weighted by atomic mass is 127. The zero-order valence-corrected chi connectivity index (χ0v) is 15.3. The molecule has 5 heteroatoms. The van der Waals surface area contributed by atoms with Crippen LogP contribution in [0.4, 0.5) is 0 Å². The molecular formula is C16H21ClINO2. The lowest BCUT2D eigenvalue weighted by atomic mass is 9.86. The number of nitrogens with one attached hydrogen (secondary N) is 1. The third-order valence-corrected chi connectivity index (χ3v) is 5.47. The Balaban J connectivity index is 2.07. The van der Waals surface area contributed by atoms with Gasteiger partial charge < -0.3 is 10.1 Å². The number of halogens is 2. The summed E-state index contributed by atoms with van der Waals surface area (Å²) in [6.45, 7) is 5.00. The molecule has 3 nitrogen and oxygen atoms in total. The molecule has 1 heterocycles. The molecule has 1 aromatic carbocycles. The molecule has 1 aliphatic rings. The molecule has 0 aromatic heterocycles. The third-order valence-electron chi connectivity index (χ3n) is 4.29. The molecule has 0 radical (unpaired) electrons. The number of benzene rings is 1. The highest BCUT2D eigenvalue weighted by molar-refractivity contribution is 14.1. The number of rotatable bonds is 4. The Kier molecular flexibility index (Phi) is 5.91. The summed E-state index contributed by atoms with van der Waals surface area (Å²) in [7, 11) is 0. The van der Waals surface area contributed by atoms with E-state index in [1.807, 2.05) is 6.07 Å². The van der Waals surface area contributed by atoms with E-state index in [0.29, 0.717) is 17.2 Å². The summed E-state index contributed by atoms with van der Waals surface area (Å²) in [5, 5.41) is 3.73. The lowest BCUT2D eigenvalue weighted by Crippen LogP contribution is -2.48. The van der Waals surface area contributed by atoms with Gasteiger partial charge in [-0.1, -0.05) is 25.4 Å². The van der Waals surface area contributed by atoms with Crippen LogP contribution in [0.5, 0.6) is 0 Å². The van der Waals surface area contributed by atoms with Crippen LogP contribution in [-0.4, -0.2) is 24.2 Å². The van der Waals surface area contributed by atoms with Crippen molar-refractivity contribution in [3.05, 3.63) is 32.4 Å². The van der Waals surface area contributed by atoms with Gasteiger partial charge in [-0.2, -0.15) is 0 Å². The Morgan fingerprint density at radius 3 is 2.86 bits per heavy atom. The third kappa shape index (κ3) is 4.11. The normalized spacial score (nSPS) is 21.0. The summed E-state index contributed by atoms with van der Waals surface area (Å²) < 4.78 is 6.87. The molecule has 1 N–H and O–H groups in total. The molecule has 1 unspecified atom stereocenters. The maximum absolute atomic E-state index is 12.5. The summed E-state index contributed by atoms with van der Waals surface area (Å²) in [5.41, 5.74) is 0.561. The van der Waals surface area contributed by atoms with Gasteiger partial charge in [0.2, 0.25) is 0 Å². The largest absolute Gasteiger partial charge is 0.375 e. The van der Waals surface area contributed by atoms with Crippen LogP contribution < -0.4 is 5.32 Å². The van der Waals surface area contributed by atoms with Crippen LogP contribution in [0.2, 0.25) is 5.02 Å². The quantitative estimate of drug-likeness (QED) is 0.731. The van der Waals surface area contributed by atoms with Gasteiger partial charge >= 0.3 is 0 Å². The standard InChI is InChI=1S/C16H21ClINO2/c1-3-16(4-2)10-12(7-8-21-16)19-15(20)13-9-11(17)5-6-14(13)18/h5-6,9,12H,3-4,7-8,10H2,1-2H3,(H,19,20). The van der Waals surface area contributed by atoms with E-state index in [4.69, 9.17) is 16.3 Å². The molecule has 1 saturated heterocycles. The lowest BCUT2D eigenvalue weighted by molar-refractivity contribution is -0.0917. The summed E-state index contributed by atoms with van der Waals surface area (Å²) in [5.74, 6) is -0.0464. The summed E-state index contributed by atoms with van der Waals surface area (Å²) in [6.07, 6.45) is 3.70. The number of carbonyl (C=O) groups is 1. The number of hydrogen-bond donors (Lipinski definition) is 1. The van der Waals surface area contributed by atoms with Crippen molar-refractivity contribution >= 4 is 40.1 Å². The van der Waals surface area contributed by atoms with Crippen LogP contribution >= 0.6 is 34.2 Å². The van der Waals surface area contributed by atoms with Crippen molar-refractivity contribution in [1.29, 1.82) is 0 Å². The number of hydrogen-bond acceptors (Lipinski definition) is 2. The van der Waals surface area contributed by atoms with Gasteiger partial charge in [0, 0.05) is 21.2 Å². The first-order valence-electron chi connectivity index (χ1n) is 7.39. The minimum absolute atomic E-state index is 0.0464. The van der Waals surface area contributed by atoms with E-state index in [0.717, 1.165) is 29.3 Å². The Morgan fingerprint density at radius 1 is 1.48 bits per heavy atom. The molecule has 1 aliphatic heterocycles. The molecular weight excluding hydrogens is 401 g/mol. The van der Waals surface area contributed by atoms with Gasteiger partial charge in [0.15, 0.2) is 0 Å². The lowest BCUT2D eigenvalue weighted by Gasteiger charge is -2.40. The summed E-state index contributed by atoms with van der Waals surface area (Å²) in [6, 6.07) is 5.56. The van der Waals surface area contributed by atoms with Crippen molar-refractivity contribution in [3.8, 4) is 0 Å². The molecule has 116 valence electrons. The number of amides is 1. The van der Waals surface area contributed by atoms with Gasteiger partial charge in [-0.05, 0) is 66.5 Å². The van der Waals surface area contributed by atoms with Crippen LogP contribution in [-0.2, 0) is 4.74 Å². The zero-order chi connectivity index (χ0) is 15.5. The first-order valence-corrected chi connectivity index (χ1v) is 8.85. The predicted octanol–water partition coefficient (Wildman–Crippen LogP) is 4.41. The van der Waals surface area contributed by atoms with Gasteiger partial charge in [-0.25, -0.2) is 0 Å². The van der Waals surface area contributed by atoms with Crippen LogP contribution in [0.1, 0.15) is 49.9 Å². The van der Waals surface area contributed by atoms with Gasteiger partial charge in [0.05, 0.1) is 11.2 Å². The molecule has 1 amide bonds. The van der Waals surface area contributed by atoms with E-state index in [1.54, 1.807) is 12.1 Å². The average Bonchev–Trinajstić information content (AvgIpc) is 2.49. The van der Waals surface area contributed by atoms with Gasteiger partial charge in [-0.3, -0.25) is 4.79 Å². The second-order valence-electron chi connectivity index (χ2n) is 5.53. The maximum atomic E-state index is 12.5. The van der Waals surface area contributed by atoms with Gasteiger partial charge in [-0.15, -0.1) is 0 Å². The fourth-order valence-electron chi connectivity index (χ4n) is 2.83. The summed E-state index contributed by atoms with van der Waals surface area (Å²) >= 11 is 8.15. The Bertz CT molecular complexity index is 517. The highest BCUT2D eigenvalue weighted by Crippen LogP contribution is 2.31. The Labute approximate surface area is 144 Å². The van der Waals surface area contributed by atoms with Crippen LogP contribution in [0.25, 0.3) is 0 Å². The van der Waals surface area contributed by atoms with E-state index in [2.05, 4.69) is 41.8 Å². The van der Waals surface area contributed by atoms with Crippen molar-refractivity contribution in [2.75, 3.05) is 6.61 Å². The first-order chi connectivity index (χ1) is 9.99. The maximum Gasteiger partial charge on any atom is 0.252 e. The number of ether oxygens (including phenoxy) is 1. The minimum Gasteiger partial charge on any atom is -0.375 e. The summed E-state index contributed by atoms with van der Waals surface area (Å²) in [4.78, 5) is 12.5. The van der Waals surface area contributed by atoms with Crippen LogP contribution in [0, 0.1) is 3.57 Å². The Morgan fingerprint density at radius 2 is 2.19 bits per heavy atom. The average molecular weight is 422 g/mol. The first kappa shape index (κ1) is 17.0. The second kappa shape index (κ2) is 7.29. The van der Waals surface area contributed by atoms with E-state index >= 15 is 0 Å². The molecule has 1 aromatic rings. The molecule has 0 spiro atoms. The molecule has 1 fully saturated rings. The topological polar surface area (TPSA) is 38.3 Å². The monoisotopic (exact) mass is 421 g/mol. The molecule has 0 saturated carbocycles. The highest BCUT2D eigenvalue weighted by Gasteiger charge is 2.35. The van der Waals surface area contributed by atoms with E-state index in [-0.39, 0.29) is 17.6 Å². The van der Waals surface area contributed by atoms with Gasteiger partial charge in [0.1, 0.15) is 0 Å². The van der Waals surface area contributed by atoms with E-state index in [9.17, 15) is 4.79 Å². The fraction of sp³-hybridized carbons (Fsp3) is 0.562. The van der Waals surface area contributed by atoms with E-state index in [1.165, 1.54) is 0 Å². The molecule has 21 heavy (non-hydrogen) atoms. The number of carbonyl (C=O) groups excluding carboxylic acids is 1. The van der Waals surface area contributed by atoms with Crippen LogP contribution in [0.15, 0.2) is 18.2 Å². The molecule has 0 bridgehead atoms. The molecule has 1 atom stereocenters. The van der Waals surface area contributed by atoms with Crippen molar-refractivity contribution in [3.63, 3.8) is 0 Å². The second-order valence-corrected chi connectivity index (χ2v) is 7.12. The predicted molar refractivity (Wildman–Crippen MR) is 93.9 cm³/mol. The minimum atomic E-state index is -0.0856.